The monoisotopic (exact) mass is 236 g/mol. The number of carbonyl (C=O) groups excluding carboxylic acids is 1. The summed E-state index contributed by atoms with van der Waals surface area (Å²) in [6.07, 6.45) is 2.45. The highest BCUT2D eigenvalue weighted by molar-refractivity contribution is 6.28. The second-order valence-electron chi connectivity index (χ2n) is 3.82. The molecule has 4 heteroatoms. The zero-order valence-corrected chi connectivity index (χ0v) is 9.63. The number of nitrogens with zero attached hydrogens (tertiary/aromatic N) is 1. The molecule has 1 aromatic carbocycles. The molecule has 0 saturated heterocycles. The van der Waals surface area contributed by atoms with Crippen LogP contribution in [-0.2, 0) is 6.42 Å². The van der Waals surface area contributed by atoms with Crippen LogP contribution < -0.4 is 5.73 Å². The minimum absolute atomic E-state index is 0.156. The number of aryl methyl sites for hydroxylation is 1. The van der Waals surface area contributed by atoms with Gasteiger partial charge in [0.1, 0.15) is 5.84 Å². The van der Waals surface area contributed by atoms with Crippen molar-refractivity contribution in [2.75, 3.05) is 5.88 Å². The van der Waals surface area contributed by atoms with E-state index in [0.29, 0.717) is 17.9 Å². The lowest BCUT2D eigenvalue weighted by atomic mass is 9.89. The van der Waals surface area contributed by atoms with Crippen molar-refractivity contribution in [3.8, 4) is 0 Å². The van der Waals surface area contributed by atoms with Crippen molar-refractivity contribution in [1.82, 2.24) is 0 Å². The van der Waals surface area contributed by atoms with Gasteiger partial charge in [-0.3, -0.25) is 4.79 Å². The summed E-state index contributed by atoms with van der Waals surface area (Å²) in [5.74, 6) is 0.675. The summed E-state index contributed by atoms with van der Waals surface area (Å²) in [6.45, 7) is 0. The Kier molecular flexibility index (Phi) is 3.25. The van der Waals surface area contributed by atoms with Crippen LogP contribution >= 0.6 is 11.6 Å². The van der Waals surface area contributed by atoms with Crippen LogP contribution in [0.15, 0.2) is 23.2 Å². The Labute approximate surface area is 99.3 Å². The van der Waals surface area contributed by atoms with Crippen LogP contribution in [0.5, 0.6) is 0 Å². The number of carbonyl (C=O) groups is 1. The van der Waals surface area contributed by atoms with Crippen LogP contribution in [-0.4, -0.2) is 17.5 Å². The van der Waals surface area contributed by atoms with Gasteiger partial charge in [-0.15, -0.1) is 11.6 Å². The first kappa shape index (κ1) is 11.1. The standard InChI is InChI=1S/C12H13ClN2O/c13-7-11(14)15-9-5-1-3-8-4-2-6-10(16)12(8)9/h1,3,5H,2,4,6-7H2,(H2,14,15). The number of aliphatic imine (C=N–C) groups is 1. The molecular formula is C12H13ClN2O. The minimum atomic E-state index is 0.156. The molecule has 0 bridgehead atoms. The predicted molar refractivity (Wildman–Crippen MR) is 65.7 cm³/mol. The van der Waals surface area contributed by atoms with E-state index in [2.05, 4.69) is 4.99 Å². The molecule has 0 aromatic heterocycles. The van der Waals surface area contributed by atoms with Gasteiger partial charge in [0.15, 0.2) is 5.78 Å². The van der Waals surface area contributed by atoms with Crippen LogP contribution in [0.3, 0.4) is 0 Å². The van der Waals surface area contributed by atoms with E-state index in [1.54, 1.807) is 0 Å². The highest BCUT2D eigenvalue weighted by Crippen LogP contribution is 2.29. The van der Waals surface area contributed by atoms with Crippen molar-refractivity contribution in [2.45, 2.75) is 19.3 Å². The fourth-order valence-corrected chi connectivity index (χ4v) is 2.02. The number of hydrogen-bond acceptors (Lipinski definition) is 2. The lowest BCUT2D eigenvalue weighted by molar-refractivity contribution is 0.0973. The molecule has 0 radical (unpaired) electrons. The van der Waals surface area contributed by atoms with Gasteiger partial charge in [-0.25, -0.2) is 4.99 Å². The van der Waals surface area contributed by atoms with Crippen molar-refractivity contribution in [2.24, 2.45) is 10.7 Å². The molecule has 0 spiro atoms. The van der Waals surface area contributed by atoms with Crippen molar-refractivity contribution < 1.29 is 4.79 Å². The van der Waals surface area contributed by atoms with Crippen LogP contribution in [0.2, 0.25) is 0 Å². The largest absolute Gasteiger partial charge is 0.386 e. The van der Waals surface area contributed by atoms with E-state index >= 15 is 0 Å². The Morgan fingerprint density at radius 3 is 3.00 bits per heavy atom. The third-order valence-electron chi connectivity index (χ3n) is 2.66. The van der Waals surface area contributed by atoms with Gasteiger partial charge < -0.3 is 5.73 Å². The van der Waals surface area contributed by atoms with Crippen LogP contribution in [0, 0.1) is 0 Å². The van der Waals surface area contributed by atoms with Crippen LogP contribution in [0.25, 0.3) is 0 Å². The smallest absolute Gasteiger partial charge is 0.165 e. The highest BCUT2D eigenvalue weighted by atomic mass is 35.5. The zero-order valence-electron chi connectivity index (χ0n) is 8.87. The summed E-state index contributed by atoms with van der Waals surface area (Å²) < 4.78 is 0. The number of rotatable bonds is 2. The zero-order chi connectivity index (χ0) is 11.5. The first-order valence-corrected chi connectivity index (χ1v) is 5.80. The maximum atomic E-state index is 11.8. The number of halogens is 1. The first-order valence-electron chi connectivity index (χ1n) is 5.26. The van der Waals surface area contributed by atoms with Gasteiger partial charge in [0, 0.05) is 12.0 Å². The van der Waals surface area contributed by atoms with E-state index in [1.165, 1.54) is 0 Å². The summed E-state index contributed by atoms with van der Waals surface area (Å²) in [7, 11) is 0. The molecule has 1 aromatic rings. The highest BCUT2D eigenvalue weighted by Gasteiger charge is 2.20. The van der Waals surface area contributed by atoms with E-state index in [9.17, 15) is 4.79 Å². The second-order valence-corrected chi connectivity index (χ2v) is 4.09. The molecule has 1 aliphatic rings. The van der Waals surface area contributed by atoms with Crippen molar-refractivity contribution in [1.29, 1.82) is 0 Å². The summed E-state index contributed by atoms with van der Waals surface area (Å²) in [5, 5.41) is 0. The molecule has 0 aliphatic heterocycles. The summed E-state index contributed by atoms with van der Waals surface area (Å²) in [6, 6.07) is 5.68. The fraction of sp³-hybridized carbons (Fsp3) is 0.333. The molecule has 0 amide bonds. The second kappa shape index (κ2) is 4.66. The molecule has 0 fully saturated rings. The number of alkyl halides is 1. The van der Waals surface area contributed by atoms with E-state index in [4.69, 9.17) is 17.3 Å². The van der Waals surface area contributed by atoms with Gasteiger partial charge in [0.05, 0.1) is 11.6 Å². The number of fused-ring (bicyclic) bond motifs is 1. The molecule has 3 nitrogen and oxygen atoms in total. The molecule has 2 rings (SSSR count). The Hall–Kier alpha value is -1.35. The normalized spacial score (nSPS) is 16.1. The quantitative estimate of drug-likeness (QED) is 0.487. The lowest BCUT2D eigenvalue weighted by Gasteiger charge is -2.16. The van der Waals surface area contributed by atoms with Gasteiger partial charge >= 0.3 is 0 Å². The topological polar surface area (TPSA) is 55.4 Å². The van der Waals surface area contributed by atoms with Crippen molar-refractivity contribution in [3.05, 3.63) is 29.3 Å². The molecule has 1 aliphatic carbocycles. The minimum Gasteiger partial charge on any atom is -0.386 e. The Morgan fingerprint density at radius 1 is 1.44 bits per heavy atom. The van der Waals surface area contributed by atoms with E-state index < -0.39 is 0 Å². The van der Waals surface area contributed by atoms with Crippen LogP contribution in [0.4, 0.5) is 5.69 Å². The Bertz CT molecular complexity index is 454. The van der Waals surface area contributed by atoms with Crippen molar-refractivity contribution >= 4 is 28.9 Å². The number of hydrogen-bond donors (Lipinski definition) is 1. The Morgan fingerprint density at radius 2 is 2.25 bits per heavy atom. The predicted octanol–water partition coefficient (Wildman–Crippen LogP) is 2.43. The maximum Gasteiger partial charge on any atom is 0.165 e. The molecule has 2 N–H and O–H groups in total. The lowest BCUT2D eigenvalue weighted by Crippen LogP contribution is -2.14. The molecule has 84 valence electrons. The molecule has 16 heavy (non-hydrogen) atoms. The molecule has 0 unspecified atom stereocenters. The van der Waals surface area contributed by atoms with Gasteiger partial charge in [0.25, 0.3) is 0 Å². The number of Topliss-reactive ketones (excluding diaryl/α,β-unsaturated/α-hetero) is 1. The SMILES string of the molecule is NC(CCl)=Nc1cccc2c1C(=O)CCC2. The molecule has 0 atom stereocenters. The summed E-state index contributed by atoms with van der Waals surface area (Å²) in [4.78, 5) is 16.0. The number of amidine groups is 1. The van der Waals surface area contributed by atoms with Gasteiger partial charge in [-0.1, -0.05) is 12.1 Å². The first-order chi connectivity index (χ1) is 7.72. The summed E-state index contributed by atoms with van der Waals surface area (Å²) in [5.41, 5.74) is 8.04. The average molecular weight is 237 g/mol. The number of benzene rings is 1. The number of nitrogens with two attached hydrogens (primary N) is 1. The molecule has 0 saturated carbocycles. The maximum absolute atomic E-state index is 11.8. The molecular weight excluding hydrogens is 224 g/mol. The van der Waals surface area contributed by atoms with Gasteiger partial charge in [0.2, 0.25) is 0 Å². The van der Waals surface area contributed by atoms with E-state index in [0.717, 1.165) is 24.0 Å². The third kappa shape index (κ3) is 2.09. The van der Waals surface area contributed by atoms with Crippen LogP contribution in [0.1, 0.15) is 28.8 Å². The number of ketones is 1. The van der Waals surface area contributed by atoms with Gasteiger partial charge in [-0.05, 0) is 24.5 Å². The third-order valence-corrected chi connectivity index (χ3v) is 2.93. The van der Waals surface area contributed by atoms with Crippen molar-refractivity contribution in [3.63, 3.8) is 0 Å². The fourth-order valence-electron chi connectivity index (χ4n) is 1.96. The average Bonchev–Trinajstić information content (AvgIpc) is 2.29. The van der Waals surface area contributed by atoms with Gasteiger partial charge in [-0.2, -0.15) is 0 Å². The summed E-state index contributed by atoms with van der Waals surface area (Å²) >= 11 is 5.58. The van der Waals surface area contributed by atoms with E-state index in [-0.39, 0.29) is 11.7 Å². The Balaban J connectivity index is 2.50. The molecule has 0 heterocycles. The van der Waals surface area contributed by atoms with E-state index in [1.807, 2.05) is 18.2 Å².